The van der Waals surface area contributed by atoms with Crippen LogP contribution in [0.2, 0.25) is 0 Å². The van der Waals surface area contributed by atoms with Crippen LogP contribution < -0.4 is 0 Å². The van der Waals surface area contributed by atoms with Crippen molar-refractivity contribution in [2.75, 3.05) is 28.4 Å². The lowest BCUT2D eigenvalue weighted by Gasteiger charge is -2.45. The summed E-state index contributed by atoms with van der Waals surface area (Å²) in [6, 6.07) is 11.9. The number of benzene rings is 2. The number of fused-ring (bicyclic) bond motifs is 3. The van der Waals surface area contributed by atoms with Gasteiger partial charge in [-0.1, -0.05) is 60.7 Å². The SMILES string of the molecule is COC(=O)C1=C(C(=O)OC)[C@@]23C=C[C@@H]1C=C[C@]21C(C(=O)OC)=C(C(=O)OC)[C@H]3C2=C1c1cccc3cccc2c13. The molecule has 0 N–H and O–H groups in total. The highest BCUT2D eigenvalue weighted by molar-refractivity contribution is 6.26. The summed E-state index contributed by atoms with van der Waals surface area (Å²) in [4.78, 5) is 54.6. The molecule has 0 heterocycles. The van der Waals surface area contributed by atoms with Gasteiger partial charge in [-0.2, -0.15) is 0 Å². The minimum absolute atomic E-state index is 0.0590. The first-order valence-electron chi connectivity index (χ1n) is 12.8. The van der Waals surface area contributed by atoms with E-state index in [0.717, 1.165) is 33.0 Å². The number of hydrogen-bond donors (Lipinski definition) is 0. The molecule has 0 saturated heterocycles. The quantitative estimate of drug-likeness (QED) is 0.331. The van der Waals surface area contributed by atoms with E-state index in [-0.39, 0.29) is 22.3 Å². The molecule has 0 fully saturated rings. The van der Waals surface area contributed by atoms with E-state index in [1.165, 1.54) is 28.4 Å². The number of allylic oxidation sites excluding steroid dienone is 6. The highest BCUT2D eigenvalue weighted by atomic mass is 16.5. The summed E-state index contributed by atoms with van der Waals surface area (Å²) in [5.41, 5.74) is 0.957. The summed E-state index contributed by atoms with van der Waals surface area (Å²) in [5.74, 6) is -4.34. The van der Waals surface area contributed by atoms with Crippen molar-refractivity contribution in [1.29, 1.82) is 0 Å². The van der Waals surface area contributed by atoms with Crippen LogP contribution in [-0.4, -0.2) is 52.3 Å². The fraction of sp³-hybridized carbons (Fsp3) is 0.250. The predicted octanol–water partition coefficient (Wildman–Crippen LogP) is 3.72. The molecule has 6 aliphatic carbocycles. The lowest BCUT2D eigenvalue weighted by atomic mass is 9.55. The van der Waals surface area contributed by atoms with Gasteiger partial charge in [-0.25, -0.2) is 19.2 Å². The zero-order valence-electron chi connectivity index (χ0n) is 22.2. The molecule has 40 heavy (non-hydrogen) atoms. The van der Waals surface area contributed by atoms with Crippen molar-refractivity contribution in [1.82, 2.24) is 0 Å². The summed E-state index contributed by atoms with van der Waals surface area (Å²) in [6.45, 7) is 0. The fourth-order valence-electron chi connectivity index (χ4n) is 8.04. The maximum Gasteiger partial charge on any atom is 0.335 e. The number of methoxy groups -OCH3 is 4. The Kier molecular flexibility index (Phi) is 4.81. The number of rotatable bonds is 4. The number of carbonyl (C=O) groups excluding carboxylic acids is 4. The first kappa shape index (κ1) is 24.3. The summed E-state index contributed by atoms with van der Waals surface area (Å²) >= 11 is 0. The van der Waals surface area contributed by atoms with Gasteiger partial charge < -0.3 is 18.9 Å². The number of hydrogen-bond acceptors (Lipinski definition) is 8. The maximum atomic E-state index is 13.8. The lowest BCUT2D eigenvalue weighted by molar-refractivity contribution is -0.141. The van der Waals surface area contributed by atoms with Crippen molar-refractivity contribution in [2.45, 2.75) is 0 Å². The minimum atomic E-state index is -1.40. The van der Waals surface area contributed by atoms with Crippen LogP contribution >= 0.6 is 0 Å². The molecule has 0 saturated carbocycles. The van der Waals surface area contributed by atoms with Crippen molar-refractivity contribution < 1.29 is 38.1 Å². The van der Waals surface area contributed by atoms with Gasteiger partial charge in [0.2, 0.25) is 0 Å². The topological polar surface area (TPSA) is 105 Å². The highest BCUT2D eigenvalue weighted by Gasteiger charge is 2.77. The molecule has 8 rings (SSSR count). The third-order valence-electron chi connectivity index (χ3n) is 9.20. The van der Waals surface area contributed by atoms with Crippen LogP contribution in [0.3, 0.4) is 0 Å². The molecular weight excluding hydrogens is 512 g/mol. The van der Waals surface area contributed by atoms with E-state index in [1.807, 2.05) is 54.6 Å². The Morgan fingerprint density at radius 3 is 1.90 bits per heavy atom. The average molecular weight is 537 g/mol. The van der Waals surface area contributed by atoms with E-state index in [9.17, 15) is 19.2 Å². The van der Waals surface area contributed by atoms with Crippen LogP contribution in [0.1, 0.15) is 11.1 Å². The smallest absolute Gasteiger partial charge is 0.335 e. The van der Waals surface area contributed by atoms with Crippen molar-refractivity contribution >= 4 is 45.8 Å². The van der Waals surface area contributed by atoms with Gasteiger partial charge >= 0.3 is 23.9 Å². The minimum Gasteiger partial charge on any atom is -0.466 e. The Morgan fingerprint density at radius 2 is 1.25 bits per heavy atom. The summed E-state index contributed by atoms with van der Waals surface area (Å²) in [5, 5.41) is 2.00. The fourth-order valence-corrected chi connectivity index (χ4v) is 8.04. The molecule has 200 valence electrons. The molecule has 4 atom stereocenters. The number of ether oxygens (including phenoxy) is 4. The Bertz CT molecular complexity index is 1780. The Balaban J connectivity index is 1.70. The molecule has 0 aromatic heterocycles. The van der Waals surface area contributed by atoms with Gasteiger partial charge in [-0.15, -0.1) is 0 Å². The van der Waals surface area contributed by atoms with Gasteiger partial charge in [-0.05, 0) is 33.0 Å². The zero-order chi connectivity index (χ0) is 28.1. The van der Waals surface area contributed by atoms with E-state index in [0.29, 0.717) is 0 Å². The van der Waals surface area contributed by atoms with Crippen LogP contribution in [0.15, 0.2) is 83.0 Å². The molecule has 0 unspecified atom stereocenters. The second-order valence-electron chi connectivity index (χ2n) is 10.4. The highest BCUT2D eigenvalue weighted by Crippen LogP contribution is 2.81. The van der Waals surface area contributed by atoms with Gasteiger partial charge in [0, 0.05) is 17.3 Å². The van der Waals surface area contributed by atoms with E-state index < -0.39 is 46.5 Å². The monoisotopic (exact) mass is 536 g/mol. The van der Waals surface area contributed by atoms with Crippen LogP contribution in [0, 0.1) is 22.7 Å². The lowest BCUT2D eigenvalue weighted by Crippen LogP contribution is -2.45. The Morgan fingerprint density at radius 1 is 0.675 bits per heavy atom. The molecule has 1 spiro atoms. The predicted molar refractivity (Wildman–Crippen MR) is 143 cm³/mol. The Hall–Kier alpha value is -4.72. The van der Waals surface area contributed by atoms with E-state index in [2.05, 4.69) is 0 Å². The van der Waals surface area contributed by atoms with E-state index in [1.54, 1.807) is 6.08 Å². The van der Waals surface area contributed by atoms with E-state index in [4.69, 9.17) is 18.9 Å². The third-order valence-corrected chi connectivity index (χ3v) is 9.20. The summed E-state index contributed by atoms with van der Waals surface area (Å²) in [7, 11) is 5.00. The number of carbonyl (C=O) groups is 4. The maximum absolute atomic E-state index is 13.8. The Labute approximate surface area is 229 Å². The van der Waals surface area contributed by atoms with Gasteiger partial charge in [-0.3, -0.25) is 0 Å². The number of esters is 4. The van der Waals surface area contributed by atoms with E-state index >= 15 is 0 Å². The summed E-state index contributed by atoms with van der Waals surface area (Å²) in [6.07, 6.45) is 7.34. The molecule has 0 aliphatic heterocycles. The van der Waals surface area contributed by atoms with Crippen LogP contribution in [0.25, 0.3) is 21.9 Å². The van der Waals surface area contributed by atoms with Crippen molar-refractivity contribution in [3.8, 4) is 0 Å². The molecule has 6 aliphatic rings. The van der Waals surface area contributed by atoms with Crippen molar-refractivity contribution in [2.24, 2.45) is 22.7 Å². The van der Waals surface area contributed by atoms with Crippen molar-refractivity contribution in [3.05, 3.63) is 94.1 Å². The third kappa shape index (κ3) is 2.40. The molecule has 8 heteroatoms. The average Bonchev–Trinajstić information content (AvgIpc) is 3.45. The second-order valence-corrected chi connectivity index (χ2v) is 10.4. The molecular formula is C32H24O8. The normalized spacial score (nSPS) is 28.1. The summed E-state index contributed by atoms with van der Waals surface area (Å²) < 4.78 is 21.0. The first-order chi connectivity index (χ1) is 19.3. The molecule has 2 aromatic carbocycles. The van der Waals surface area contributed by atoms with Gasteiger partial charge in [0.05, 0.1) is 56.1 Å². The van der Waals surface area contributed by atoms with Crippen molar-refractivity contribution in [3.63, 3.8) is 0 Å². The van der Waals surface area contributed by atoms with Gasteiger partial charge in [0.25, 0.3) is 0 Å². The van der Waals surface area contributed by atoms with Gasteiger partial charge in [0.1, 0.15) is 0 Å². The molecule has 2 aromatic rings. The molecule has 4 bridgehead atoms. The largest absolute Gasteiger partial charge is 0.466 e. The van der Waals surface area contributed by atoms with Crippen LogP contribution in [-0.2, 0) is 38.1 Å². The molecule has 0 radical (unpaired) electrons. The van der Waals surface area contributed by atoms with Crippen LogP contribution in [0.4, 0.5) is 0 Å². The zero-order valence-corrected chi connectivity index (χ0v) is 22.2. The molecule has 0 amide bonds. The van der Waals surface area contributed by atoms with Crippen LogP contribution in [0.5, 0.6) is 0 Å². The second kappa shape index (κ2) is 7.91. The first-order valence-corrected chi connectivity index (χ1v) is 12.8. The standard InChI is InChI=1S/C32H24O8/c1-37-27(33)20-16-11-13-31-23-18-10-6-8-15-7-5-9-17(19(15)18)21(23)24(22(28(34)38-2)26(31)30(36)40-4)32(31,14-12-16)25(20)29(35)39-3/h5-14,16,24H,1-4H3/t16-,24+,31-,32-/m0/s1. The molecule has 8 nitrogen and oxygen atoms in total. The van der Waals surface area contributed by atoms with Gasteiger partial charge in [0.15, 0.2) is 0 Å².